The van der Waals surface area contributed by atoms with E-state index >= 15 is 0 Å². The molecule has 0 aliphatic heterocycles. The molecule has 1 aromatic heterocycles. The van der Waals surface area contributed by atoms with E-state index < -0.39 is 0 Å². The first-order valence-electron chi connectivity index (χ1n) is 4.43. The lowest BCUT2D eigenvalue weighted by Crippen LogP contribution is -2.19. The Kier molecular flexibility index (Phi) is 4.42. The summed E-state index contributed by atoms with van der Waals surface area (Å²) >= 11 is 0. The molecular weight excluding hydrogens is 170 g/mol. The van der Waals surface area contributed by atoms with Crippen molar-refractivity contribution >= 4 is 0 Å². The second kappa shape index (κ2) is 5.66. The van der Waals surface area contributed by atoms with Gasteiger partial charge in [-0.2, -0.15) is 4.98 Å². The van der Waals surface area contributed by atoms with E-state index in [9.17, 15) is 0 Å². The second-order valence-electron chi connectivity index (χ2n) is 2.81. The molecule has 0 saturated carbocycles. The smallest absolute Gasteiger partial charge is 0.227 e. The van der Waals surface area contributed by atoms with Crippen LogP contribution in [0.3, 0.4) is 0 Å². The summed E-state index contributed by atoms with van der Waals surface area (Å²) in [5, 5.41) is 15.3. The minimum absolute atomic E-state index is 0.229. The maximum Gasteiger partial charge on any atom is 0.227 e. The third-order valence-corrected chi connectivity index (χ3v) is 1.60. The highest BCUT2D eigenvalue weighted by atomic mass is 16.5. The summed E-state index contributed by atoms with van der Waals surface area (Å²) in [6.07, 6.45) is 1.52. The lowest BCUT2D eigenvalue weighted by Gasteiger charge is -1.99. The maximum absolute atomic E-state index is 8.51. The van der Waals surface area contributed by atoms with Crippen LogP contribution in [0.15, 0.2) is 4.52 Å². The Morgan fingerprint density at radius 2 is 2.31 bits per heavy atom. The number of aliphatic hydroxyl groups excluding tert-OH is 1. The SMILES string of the molecule is Cc1noc(CCNCCCO)n1. The third-order valence-electron chi connectivity index (χ3n) is 1.60. The van der Waals surface area contributed by atoms with E-state index in [4.69, 9.17) is 9.63 Å². The number of nitrogens with one attached hydrogen (secondary N) is 1. The second-order valence-corrected chi connectivity index (χ2v) is 2.81. The Morgan fingerprint density at radius 3 is 2.92 bits per heavy atom. The predicted octanol–water partition coefficient (Wildman–Crippen LogP) is -0.107. The van der Waals surface area contributed by atoms with Crippen LogP contribution in [0.2, 0.25) is 0 Å². The average molecular weight is 185 g/mol. The summed E-state index contributed by atoms with van der Waals surface area (Å²) in [4.78, 5) is 4.06. The molecule has 5 heteroatoms. The topological polar surface area (TPSA) is 71.2 Å². The number of rotatable bonds is 6. The zero-order valence-corrected chi connectivity index (χ0v) is 7.79. The lowest BCUT2D eigenvalue weighted by atomic mass is 10.4. The van der Waals surface area contributed by atoms with E-state index in [1.807, 2.05) is 0 Å². The first-order chi connectivity index (χ1) is 6.33. The Bertz CT molecular complexity index is 237. The van der Waals surface area contributed by atoms with Gasteiger partial charge in [0.2, 0.25) is 5.89 Å². The van der Waals surface area contributed by atoms with E-state index in [1.165, 1.54) is 0 Å². The van der Waals surface area contributed by atoms with Crippen LogP contribution in [0, 0.1) is 6.92 Å². The molecule has 0 saturated heterocycles. The highest BCUT2D eigenvalue weighted by Gasteiger charge is 2.00. The molecule has 0 atom stereocenters. The van der Waals surface area contributed by atoms with Crippen LogP contribution in [0.5, 0.6) is 0 Å². The van der Waals surface area contributed by atoms with E-state index in [0.29, 0.717) is 11.7 Å². The number of aliphatic hydroxyl groups is 1. The van der Waals surface area contributed by atoms with Gasteiger partial charge in [0.25, 0.3) is 0 Å². The molecule has 0 aliphatic rings. The van der Waals surface area contributed by atoms with Crippen LogP contribution < -0.4 is 5.32 Å². The highest BCUT2D eigenvalue weighted by Crippen LogP contribution is 1.95. The van der Waals surface area contributed by atoms with Crippen LogP contribution in [-0.2, 0) is 6.42 Å². The third kappa shape index (κ3) is 4.00. The highest BCUT2D eigenvalue weighted by molar-refractivity contribution is 4.83. The molecule has 0 bridgehead atoms. The minimum atomic E-state index is 0.229. The molecule has 0 fully saturated rings. The van der Waals surface area contributed by atoms with E-state index in [1.54, 1.807) is 6.92 Å². The van der Waals surface area contributed by atoms with Crippen LogP contribution in [0.1, 0.15) is 18.1 Å². The zero-order chi connectivity index (χ0) is 9.52. The van der Waals surface area contributed by atoms with Crippen molar-refractivity contribution in [3.05, 3.63) is 11.7 Å². The molecule has 1 aromatic rings. The number of hydrogen-bond acceptors (Lipinski definition) is 5. The van der Waals surface area contributed by atoms with Gasteiger partial charge < -0.3 is 14.9 Å². The molecule has 5 nitrogen and oxygen atoms in total. The van der Waals surface area contributed by atoms with Gasteiger partial charge in [-0.1, -0.05) is 5.16 Å². The van der Waals surface area contributed by atoms with Gasteiger partial charge in [0.05, 0.1) is 0 Å². The molecule has 2 N–H and O–H groups in total. The van der Waals surface area contributed by atoms with Gasteiger partial charge >= 0.3 is 0 Å². The molecule has 1 rings (SSSR count). The molecule has 13 heavy (non-hydrogen) atoms. The van der Waals surface area contributed by atoms with Crippen molar-refractivity contribution in [3.8, 4) is 0 Å². The van der Waals surface area contributed by atoms with Gasteiger partial charge in [0.1, 0.15) is 0 Å². The van der Waals surface area contributed by atoms with Gasteiger partial charge in [0.15, 0.2) is 5.82 Å². The number of aryl methyl sites for hydroxylation is 1. The van der Waals surface area contributed by atoms with Crippen molar-refractivity contribution in [2.24, 2.45) is 0 Å². The van der Waals surface area contributed by atoms with Gasteiger partial charge in [-0.05, 0) is 19.9 Å². The fraction of sp³-hybridized carbons (Fsp3) is 0.750. The summed E-state index contributed by atoms with van der Waals surface area (Å²) in [6.45, 7) is 3.66. The van der Waals surface area contributed by atoms with Gasteiger partial charge in [-0.3, -0.25) is 0 Å². The molecule has 0 radical (unpaired) electrons. The Balaban J connectivity index is 2.06. The molecule has 74 valence electrons. The van der Waals surface area contributed by atoms with Crippen LogP contribution in [0.4, 0.5) is 0 Å². The molecule has 0 unspecified atom stereocenters. The lowest BCUT2D eigenvalue weighted by molar-refractivity contribution is 0.286. The average Bonchev–Trinajstić information content (AvgIpc) is 2.51. The van der Waals surface area contributed by atoms with Gasteiger partial charge in [0, 0.05) is 19.6 Å². The molecular formula is C8H15N3O2. The van der Waals surface area contributed by atoms with Crippen molar-refractivity contribution in [2.75, 3.05) is 19.7 Å². The van der Waals surface area contributed by atoms with Crippen molar-refractivity contribution in [2.45, 2.75) is 19.8 Å². The van der Waals surface area contributed by atoms with Crippen molar-refractivity contribution < 1.29 is 9.63 Å². The van der Waals surface area contributed by atoms with Gasteiger partial charge in [-0.15, -0.1) is 0 Å². The number of nitrogens with zero attached hydrogens (tertiary/aromatic N) is 2. The fourth-order valence-corrected chi connectivity index (χ4v) is 0.966. The molecule has 0 aromatic carbocycles. The summed E-state index contributed by atoms with van der Waals surface area (Å²) in [5.74, 6) is 1.33. The molecule has 0 spiro atoms. The first-order valence-corrected chi connectivity index (χ1v) is 4.43. The molecule has 0 amide bonds. The van der Waals surface area contributed by atoms with E-state index in [2.05, 4.69) is 15.5 Å². The Labute approximate surface area is 77.2 Å². The predicted molar refractivity (Wildman–Crippen MR) is 47.3 cm³/mol. The van der Waals surface area contributed by atoms with Gasteiger partial charge in [-0.25, -0.2) is 0 Å². The van der Waals surface area contributed by atoms with Crippen molar-refractivity contribution in [1.82, 2.24) is 15.5 Å². The molecule has 0 aliphatic carbocycles. The summed E-state index contributed by atoms with van der Waals surface area (Å²) < 4.78 is 4.92. The fourth-order valence-electron chi connectivity index (χ4n) is 0.966. The Hall–Kier alpha value is -0.940. The minimum Gasteiger partial charge on any atom is -0.396 e. The number of aromatic nitrogens is 2. The van der Waals surface area contributed by atoms with E-state index in [0.717, 1.165) is 25.9 Å². The number of hydrogen-bond donors (Lipinski definition) is 2. The zero-order valence-electron chi connectivity index (χ0n) is 7.79. The quantitative estimate of drug-likeness (QED) is 0.605. The normalized spacial score (nSPS) is 10.6. The Morgan fingerprint density at radius 1 is 1.46 bits per heavy atom. The maximum atomic E-state index is 8.51. The molecule has 1 heterocycles. The summed E-state index contributed by atoms with van der Waals surface area (Å²) in [6, 6.07) is 0. The first kappa shape index (κ1) is 10.1. The monoisotopic (exact) mass is 185 g/mol. The van der Waals surface area contributed by atoms with E-state index in [-0.39, 0.29) is 6.61 Å². The largest absolute Gasteiger partial charge is 0.396 e. The van der Waals surface area contributed by atoms with Crippen LogP contribution >= 0.6 is 0 Å². The van der Waals surface area contributed by atoms with Crippen molar-refractivity contribution in [3.63, 3.8) is 0 Å². The van der Waals surface area contributed by atoms with Crippen molar-refractivity contribution in [1.29, 1.82) is 0 Å². The summed E-state index contributed by atoms with van der Waals surface area (Å²) in [7, 11) is 0. The van der Waals surface area contributed by atoms with Crippen LogP contribution in [0.25, 0.3) is 0 Å². The van der Waals surface area contributed by atoms with Crippen LogP contribution in [-0.4, -0.2) is 34.9 Å². The standard InChI is InChI=1S/C8H15N3O2/c1-7-10-8(13-11-7)3-5-9-4-2-6-12/h9,12H,2-6H2,1H3. The summed E-state index contributed by atoms with van der Waals surface area (Å²) in [5.41, 5.74) is 0.